The van der Waals surface area contributed by atoms with Crippen LogP contribution < -0.4 is 9.64 Å². The Kier molecular flexibility index (Phi) is 5.24. The summed E-state index contributed by atoms with van der Waals surface area (Å²) < 4.78 is 45.0. The predicted molar refractivity (Wildman–Crippen MR) is 107 cm³/mol. The molecule has 0 radical (unpaired) electrons. The number of halogens is 3. The highest BCUT2D eigenvalue weighted by Crippen LogP contribution is 2.43. The molecule has 1 aliphatic heterocycles. The third kappa shape index (κ3) is 4.24. The molecule has 1 amide bonds. The van der Waals surface area contributed by atoms with Crippen molar-refractivity contribution in [1.82, 2.24) is 0 Å². The lowest BCUT2D eigenvalue weighted by Crippen LogP contribution is -2.27. The number of nitrogens with zero attached hydrogens (tertiary/aromatic N) is 1. The highest BCUT2D eigenvalue weighted by atomic mass is 32.2. The minimum absolute atomic E-state index is 0.144. The fourth-order valence-corrected chi connectivity index (χ4v) is 4.28. The van der Waals surface area contributed by atoms with Crippen molar-refractivity contribution in [2.75, 3.05) is 10.7 Å². The van der Waals surface area contributed by atoms with E-state index in [4.69, 9.17) is 4.74 Å². The van der Waals surface area contributed by atoms with Crippen molar-refractivity contribution in [3.8, 4) is 11.5 Å². The molecule has 4 rings (SSSR count). The van der Waals surface area contributed by atoms with Crippen LogP contribution in [0.3, 0.4) is 0 Å². The molecule has 3 nitrogen and oxygen atoms in total. The number of carbonyl (C=O) groups is 1. The molecular formula is C22H16F3NO2S. The first-order valence-electron chi connectivity index (χ1n) is 8.85. The van der Waals surface area contributed by atoms with E-state index in [1.807, 2.05) is 30.3 Å². The van der Waals surface area contributed by atoms with Crippen molar-refractivity contribution in [3.63, 3.8) is 0 Å². The number of thioether (sulfide) groups is 1. The first-order chi connectivity index (χ1) is 13.9. The summed E-state index contributed by atoms with van der Waals surface area (Å²) >= 11 is 1.31. The summed E-state index contributed by atoms with van der Waals surface area (Å²) in [6.45, 7) is 0. The first kappa shape index (κ1) is 19.4. The molecule has 1 fully saturated rings. The van der Waals surface area contributed by atoms with Crippen molar-refractivity contribution < 1.29 is 22.7 Å². The van der Waals surface area contributed by atoms with E-state index in [1.54, 1.807) is 30.3 Å². The highest BCUT2D eigenvalue weighted by Gasteiger charge is 2.36. The van der Waals surface area contributed by atoms with Crippen molar-refractivity contribution in [1.29, 1.82) is 0 Å². The third-order valence-electron chi connectivity index (χ3n) is 4.46. The van der Waals surface area contributed by atoms with Gasteiger partial charge in [0.15, 0.2) is 0 Å². The molecule has 3 aromatic carbocycles. The number of alkyl halides is 3. The molecular weight excluding hydrogens is 399 g/mol. The van der Waals surface area contributed by atoms with E-state index < -0.39 is 17.1 Å². The van der Waals surface area contributed by atoms with Crippen molar-refractivity contribution >= 4 is 23.4 Å². The van der Waals surface area contributed by atoms with Crippen molar-refractivity contribution in [3.05, 3.63) is 90.0 Å². The molecule has 1 atom stereocenters. The topological polar surface area (TPSA) is 29.5 Å². The van der Waals surface area contributed by atoms with Crippen LogP contribution in [0.5, 0.6) is 11.5 Å². The van der Waals surface area contributed by atoms with E-state index in [2.05, 4.69) is 0 Å². The fourth-order valence-electron chi connectivity index (χ4n) is 3.12. The van der Waals surface area contributed by atoms with Gasteiger partial charge in [-0.05, 0) is 54.1 Å². The van der Waals surface area contributed by atoms with E-state index in [1.165, 1.54) is 22.7 Å². The molecule has 148 valence electrons. The molecule has 0 spiro atoms. The molecule has 0 N–H and O–H groups in total. The summed E-state index contributed by atoms with van der Waals surface area (Å²) in [6, 6.07) is 21.4. The number of benzene rings is 3. The van der Waals surface area contributed by atoms with Crippen LogP contribution in [0.15, 0.2) is 78.9 Å². The molecule has 0 aliphatic carbocycles. The second-order valence-corrected chi connectivity index (χ2v) is 7.53. The maximum absolute atomic E-state index is 13.1. The summed E-state index contributed by atoms with van der Waals surface area (Å²) in [5.41, 5.74) is 0.338. The number of hydrogen-bond donors (Lipinski definition) is 0. The zero-order valence-electron chi connectivity index (χ0n) is 15.1. The molecule has 1 saturated heterocycles. The Morgan fingerprint density at radius 2 is 1.59 bits per heavy atom. The maximum Gasteiger partial charge on any atom is 0.416 e. The van der Waals surface area contributed by atoms with Gasteiger partial charge in [-0.3, -0.25) is 9.69 Å². The summed E-state index contributed by atoms with van der Waals surface area (Å²) in [7, 11) is 0. The number of amides is 1. The average Bonchev–Trinajstić information content (AvgIpc) is 3.10. The summed E-state index contributed by atoms with van der Waals surface area (Å²) in [5.74, 6) is 1.36. The van der Waals surface area contributed by atoms with Gasteiger partial charge in [-0.2, -0.15) is 13.2 Å². The first-order valence-corrected chi connectivity index (χ1v) is 9.90. The lowest BCUT2D eigenvalue weighted by Gasteiger charge is -2.25. The quantitative estimate of drug-likeness (QED) is 0.503. The van der Waals surface area contributed by atoms with Crippen LogP contribution in [0.2, 0.25) is 0 Å². The zero-order chi connectivity index (χ0) is 20.4. The van der Waals surface area contributed by atoms with E-state index in [0.717, 1.165) is 12.1 Å². The maximum atomic E-state index is 13.1. The minimum Gasteiger partial charge on any atom is -0.457 e. The van der Waals surface area contributed by atoms with Gasteiger partial charge < -0.3 is 4.74 Å². The van der Waals surface area contributed by atoms with E-state index >= 15 is 0 Å². The zero-order valence-corrected chi connectivity index (χ0v) is 15.9. The van der Waals surface area contributed by atoms with Crippen LogP contribution in [-0.4, -0.2) is 11.7 Å². The molecule has 1 unspecified atom stereocenters. The molecule has 3 aromatic rings. The lowest BCUT2D eigenvalue weighted by atomic mass is 10.1. The Labute approximate surface area is 170 Å². The Bertz CT molecular complexity index is 1010. The van der Waals surface area contributed by atoms with Crippen LogP contribution in [0.4, 0.5) is 18.9 Å². The van der Waals surface area contributed by atoms with Gasteiger partial charge in [0.25, 0.3) is 0 Å². The highest BCUT2D eigenvalue weighted by molar-refractivity contribution is 8.00. The monoisotopic (exact) mass is 415 g/mol. The summed E-state index contributed by atoms with van der Waals surface area (Å²) in [5, 5.41) is -0.509. The van der Waals surface area contributed by atoms with Crippen LogP contribution in [0.1, 0.15) is 16.5 Å². The fraction of sp³-hybridized carbons (Fsp3) is 0.136. The number of para-hydroxylation sites is 1. The average molecular weight is 415 g/mol. The van der Waals surface area contributed by atoms with E-state index in [-0.39, 0.29) is 11.7 Å². The van der Waals surface area contributed by atoms with Gasteiger partial charge in [-0.25, -0.2) is 0 Å². The Hall–Kier alpha value is -2.93. The number of rotatable bonds is 4. The molecule has 1 aliphatic rings. The predicted octanol–water partition coefficient (Wildman–Crippen LogP) is 6.28. The van der Waals surface area contributed by atoms with Gasteiger partial charge in [0.05, 0.1) is 11.3 Å². The smallest absolute Gasteiger partial charge is 0.416 e. The Morgan fingerprint density at radius 1 is 0.897 bits per heavy atom. The molecule has 0 saturated carbocycles. The normalized spacial score (nSPS) is 16.9. The van der Waals surface area contributed by atoms with E-state index in [9.17, 15) is 18.0 Å². The van der Waals surface area contributed by atoms with Crippen LogP contribution in [0.25, 0.3) is 0 Å². The summed E-state index contributed by atoms with van der Waals surface area (Å²) in [4.78, 5) is 14.0. The van der Waals surface area contributed by atoms with Gasteiger partial charge in [-0.15, -0.1) is 11.8 Å². The van der Waals surface area contributed by atoms with Crippen LogP contribution in [0, 0.1) is 0 Å². The molecule has 29 heavy (non-hydrogen) atoms. The number of carbonyl (C=O) groups excluding carboxylic acids is 1. The number of ether oxygens (including phenoxy) is 1. The minimum atomic E-state index is -4.43. The van der Waals surface area contributed by atoms with Crippen molar-refractivity contribution in [2.45, 2.75) is 11.6 Å². The third-order valence-corrected chi connectivity index (χ3v) is 5.67. The second kappa shape index (κ2) is 7.83. The molecule has 0 bridgehead atoms. The molecule has 0 aromatic heterocycles. The van der Waals surface area contributed by atoms with Gasteiger partial charge >= 0.3 is 6.18 Å². The van der Waals surface area contributed by atoms with Crippen molar-refractivity contribution in [2.24, 2.45) is 0 Å². The van der Waals surface area contributed by atoms with Gasteiger partial charge in [-0.1, -0.05) is 30.3 Å². The second-order valence-electron chi connectivity index (χ2n) is 6.46. The SMILES string of the molecule is O=C1CSC(c2cccc(C(F)(F)F)c2)N1c1ccc(Oc2ccccc2)cc1. The van der Waals surface area contributed by atoms with Gasteiger partial charge in [0.1, 0.15) is 16.9 Å². The number of hydrogen-bond acceptors (Lipinski definition) is 3. The Balaban J connectivity index is 1.59. The standard InChI is InChI=1S/C22H16F3NO2S/c23-22(24,25)16-6-4-5-15(13-16)21-26(20(27)14-29-21)17-9-11-19(12-10-17)28-18-7-2-1-3-8-18/h1-13,21H,14H2. The van der Waals surface area contributed by atoms with Crippen LogP contribution in [-0.2, 0) is 11.0 Å². The number of anilines is 1. The van der Waals surface area contributed by atoms with E-state index in [0.29, 0.717) is 22.7 Å². The lowest BCUT2D eigenvalue weighted by molar-refractivity contribution is -0.137. The molecule has 7 heteroatoms. The van der Waals surface area contributed by atoms with Gasteiger partial charge in [0.2, 0.25) is 5.91 Å². The molecule has 1 heterocycles. The van der Waals surface area contributed by atoms with Gasteiger partial charge in [0, 0.05) is 5.69 Å². The van der Waals surface area contributed by atoms with Crippen LogP contribution >= 0.6 is 11.8 Å². The Morgan fingerprint density at radius 3 is 2.28 bits per heavy atom. The summed E-state index contributed by atoms with van der Waals surface area (Å²) in [6.07, 6.45) is -4.43. The largest absolute Gasteiger partial charge is 0.457 e.